The number of carbonyl (C=O) groups is 1. The molecule has 0 saturated carbocycles. The SMILES string of the molecule is CC(C)c1ccc(Nc2ncnc(NNC(=O)c3cccc4ccccc34)c2[N+](=O)[O-])cc1. The van der Waals surface area contributed by atoms with E-state index in [4.69, 9.17) is 0 Å². The summed E-state index contributed by atoms with van der Waals surface area (Å²) >= 11 is 0. The van der Waals surface area contributed by atoms with Crippen molar-refractivity contribution >= 4 is 39.7 Å². The van der Waals surface area contributed by atoms with Crippen LogP contribution in [0.5, 0.6) is 0 Å². The molecule has 33 heavy (non-hydrogen) atoms. The zero-order valence-corrected chi connectivity index (χ0v) is 18.1. The maximum absolute atomic E-state index is 12.8. The lowest BCUT2D eigenvalue weighted by Gasteiger charge is -2.12. The van der Waals surface area contributed by atoms with E-state index >= 15 is 0 Å². The molecule has 1 heterocycles. The molecule has 0 aliphatic carbocycles. The summed E-state index contributed by atoms with van der Waals surface area (Å²) in [6, 6.07) is 20.4. The molecule has 1 amide bonds. The smallest absolute Gasteiger partial charge is 0.334 e. The summed E-state index contributed by atoms with van der Waals surface area (Å²) in [5.74, 6) is -0.203. The Morgan fingerprint density at radius 2 is 1.64 bits per heavy atom. The minimum atomic E-state index is -0.600. The van der Waals surface area contributed by atoms with Crippen molar-refractivity contribution in [3.63, 3.8) is 0 Å². The molecule has 9 nitrogen and oxygen atoms in total. The molecule has 0 aliphatic rings. The van der Waals surface area contributed by atoms with E-state index in [0.717, 1.165) is 16.3 Å². The molecule has 1 aromatic heterocycles. The molecule has 0 aliphatic heterocycles. The van der Waals surface area contributed by atoms with Gasteiger partial charge in [0.15, 0.2) is 0 Å². The summed E-state index contributed by atoms with van der Waals surface area (Å²) < 4.78 is 0. The molecule has 0 fully saturated rings. The lowest BCUT2D eigenvalue weighted by Crippen LogP contribution is -2.30. The first-order chi connectivity index (χ1) is 15.9. The monoisotopic (exact) mass is 442 g/mol. The number of hydrazine groups is 1. The van der Waals surface area contributed by atoms with Gasteiger partial charge in [-0.2, -0.15) is 0 Å². The van der Waals surface area contributed by atoms with Crippen LogP contribution in [0.2, 0.25) is 0 Å². The number of hydrogen-bond acceptors (Lipinski definition) is 7. The number of anilines is 3. The average Bonchev–Trinajstić information content (AvgIpc) is 2.82. The Morgan fingerprint density at radius 1 is 0.939 bits per heavy atom. The van der Waals surface area contributed by atoms with Crippen molar-refractivity contribution in [3.05, 3.63) is 94.3 Å². The molecule has 0 radical (unpaired) electrons. The summed E-state index contributed by atoms with van der Waals surface area (Å²) in [4.78, 5) is 31.9. The van der Waals surface area contributed by atoms with Gasteiger partial charge in [-0.3, -0.25) is 25.8 Å². The topological polar surface area (TPSA) is 122 Å². The summed E-state index contributed by atoms with van der Waals surface area (Å²) in [6.07, 6.45) is 1.18. The quantitative estimate of drug-likeness (QED) is 0.267. The van der Waals surface area contributed by atoms with Crippen molar-refractivity contribution in [2.45, 2.75) is 19.8 Å². The Balaban J connectivity index is 1.56. The van der Waals surface area contributed by atoms with E-state index < -0.39 is 10.8 Å². The van der Waals surface area contributed by atoms with Gasteiger partial charge >= 0.3 is 5.69 Å². The van der Waals surface area contributed by atoms with Crippen LogP contribution < -0.4 is 16.2 Å². The molecule has 166 valence electrons. The van der Waals surface area contributed by atoms with Crippen molar-refractivity contribution in [1.82, 2.24) is 15.4 Å². The third-order valence-electron chi connectivity index (χ3n) is 5.17. The highest BCUT2D eigenvalue weighted by Gasteiger charge is 2.24. The van der Waals surface area contributed by atoms with Crippen LogP contribution in [0.4, 0.5) is 23.0 Å². The summed E-state index contributed by atoms with van der Waals surface area (Å²) in [6.45, 7) is 4.17. The van der Waals surface area contributed by atoms with Gasteiger partial charge in [0.1, 0.15) is 6.33 Å². The molecule has 0 unspecified atom stereocenters. The van der Waals surface area contributed by atoms with Crippen molar-refractivity contribution in [1.29, 1.82) is 0 Å². The highest BCUT2D eigenvalue weighted by atomic mass is 16.6. The zero-order valence-electron chi connectivity index (χ0n) is 18.1. The Kier molecular flexibility index (Phi) is 6.12. The second-order valence-electron chi connectivity index (χ2n) is 7.68. The van der Waals surface area contributed by atoms with Gasteiger partial charge in [-0.1, -0.05) is 62.4 Å². The van der Waals surface area contributed by atoms with E-state index in [9.17, 15) is 14.9 Å². The molecule has 0 spiro atoms. The van der Waals surface area contributed by atoms with Gasteiger partial charge < -0.3 is 5.32 Å². The van der Waals surface area contributed by atoms with E-state index in [1.807, 2.05) is 54.6 Å². The number of benzene rings is 3. The van der Waals surface area contributed by atoms with E-state index in [2.05, 4.69) is 40.0 Å². The number of carbonyl (C=O) groups excluding carboxylic acids is 1. The number of nitro groups is 1. The van der Waals surface area contributed by atoms with E-state index in [1.165, 1.54) is 6.33 Å². The normalized spacial score (nSPS) is 10.8. The zero-order chi connectivity index (χ0) is 23.4. The fourth-order valence-corrected chi connectivity index (χ4v) is 3.43. The van der Waals surface area contributed by atoms with Crippen molar-refractivity contribution < 1.29 is 9.72 Å². The van der Waals surface area contributed by atoms with E-state index in [-0.39, 0.29) is 17.3 Å². The van der Waals surface area contributed by atoms with Gasteiger partial charge in [0.25, 0.3) is 5.91 Å². The lowest BCUT2D eigenvalue weighted by molar-refractivity contribution is -0.383. The maximum atomic E-state index is 12.8. The second-order valence-corrected chi connectivity index (χ2v) is 7.68. The third-order valence-corrected chi connectivity index (χ3v) is 5.17. The average molecular weight is 442 g/mol. The molecule has 0 bridgehead atoms. The Morgan fingerprint density at radius 3 is 2.36 bits per heavy atom. The molecule has 3 N–H and O–H groups in total. The number of amides is 1. The second kappa shape index (κ2) is 9.31. The van der Waals surface area contributed by atoms with Gasteiger partial charge in [-0.15, -0.1) is 0 Å². The highest BCUT2D eigenvalue weighted by molar-refractivity contribution is 6.07. The first-order valence-electron chi connectivity index (χ1n) is 10.3. The van der Waals surface area contributed by atoms with Gasteiger partial charge in [0.2, 0.25) is 11.6 Å². The van der Waals surface area contributed by atoms with E-state index in [0.29, 0.717) is 17.2 Å². The van der Waals surface area contributed by atoms with Crippen LogP contribution in [0.15, 0.2) is 73.1 Å². The largest absolute Gasteiger partial charge is 0.355 e. The molecule has 0 atom stereocenters. The molecule has 0 saturated heterocycles. The van der Waals surface area contributed by atoms with Gasteiger partial charge in [-0.05, 0) is 40.5 Å². The molecule has 4 aromatic rings. The number of nitrogens with one attached hydrogen (secondary N) is 3. The lowest BCUT2D eigenvalue weighted by atomic mass is 10.0. The van der Waals surface area contributed by atoms with Gasteiger partial charge in [0, 0.05) is 11.3 Å². The Hall–Kier alpha value is -4.53. The van der Waals surface area contributed by atoms with Crippen molar-refractivity contribution in [3.8, 4) is 0 Å². The minimum absolute atomic E-state index is 0.00852. The fraction of sp³-hybridized carbons (Fsp3) is 0.125. The standard InChI is InChI=1S/C24H22N6O3/c1-15(2)16-10-12-18(13-11-16)27-22-21(30(32)33)23(26-14-25-22)28-29-24(31)20-9-5-7-17-6-3-4-8-19(17)20/h3-15H,1-2H3,(H,29,31)(H2,25,26,27,28). The van der Waals surface area contributed by atoms with Crippen LogP contribution in [0.3, 0.4) is 0 Å². The molecule has 3 aromatic carbocycles. The summed E-state index contributed by atoms with van der Waals surface area (Å²) in [7, 11) is 0. The van der Waals surface area contributed by atoms with Crippen LogP contribution >= 0.6 is 0 Å². The fourth-order valence-electron chi connectivity index (χ4n) is 3.43. The summed E-state index contributed by atoms with van der Waals surface area (Å²) in [5.41, 5.74) is 6.92. The number of aromatic nitrogens is 2. The third kappa shape index (κ3) is 4.72. The molecule has 9 heteroatoms. The number of hydrogen-bond donors (Lipinski definition) is 3. The van der Waals surface area contributed by atoms with Crippen LogP contribution in [0.25, 0.3) is 10.8 Å². The number of nitrogens with zero attached hydrogens (tertiary/aromatic N) is 3. The van der Waals surface area contributed by atoms with Crippen LogP contribution in [-0.4, -0.2) is 20.8 Å². The first kappa shape index (κ1) is 21.7. The van der Waals surface area contributed by atoms with Gasteiger partial charge in [0.05, 0.1) is 4.92 Å². The minimum Gasteiger partial charge on any atom is -0.334 e. The van der Waals surface area contributed by atoms with Crippen LogP contribution in [0.1, 0.15) is 35.7 Å². The number of fused-ring (bicyclic) bond motifs is 1. The van der Waals surface area contributed by atoms with E-state index in [1.54, 1.807) is 12.1 Å². The van der Waals surface area contributed by atoms with Gasteiger partial charge in [-0.25, -0.2) is 9.97 Å². The molecular weight excluding hydrogens is 420 g/mol. The summed E-state index contributed by atoms with van der Waals surface area (Å²) in [5, 5.41) is 16.4. The van der Waals surface area contributed by atoms with Crippen LogP contribution in [0, 0.1) is 10.1 Å². The Bertz CT molecular complexity index is 1320. The maximum Gasteiger partial charge on any atom is 0.355 e. The molecular formula is C24H22N6O3. The van der Waals surface area contributed by atoms with Crippen molar-refractivity contribution in [2.24, 2.45) is 0 Å². The highest BCUT2D eigenvalue weighted by Crippen LogP contribution is 2.31. The molecule has 4 rings (SSSR count). The Labute approximate surface area is 190 Å². The predicted octanol–water partition coefficient (Wildman–Crippen LogP) is 5.16. The van der Waals surface area contributed by atoms with Crippen molar-refractivity contribution in [2.75, 3.05) is 10.7 Å². The van der Waals surface area contributed by atoms with Crippen LogP contribution in [-0.2, 0) is 0 Å². The predicted molar refractivity (Wildman–Crippen MR) is 128 cm³/mol. The number of rotatable bonds is 7. The first-order valence-corrected chi connectivity index (χ1v) is 10.3.